The van der Waals surface area contributed by atoms with E-state index < -0.39 is 6.29 Å². The van der Waals surface area contributed by atoms with E-state index >= 15 is 0 Å². The Morgan fingerprint density at radius 1 is 1.11 bits per heavy atom. The molecule has 1 unspecified atom stereocenters. The first-order valence-corrected chi connectivity index (χ1v) is 9.19. The lowest BCUT2D eigenvalue weighted by Gasteiger charge is -2.27. The Morgan fingerprint density at radius 3 is 2.85 bits per heavy atom. The number of rotatable bonds is 6. The second-order valence-electron chi connectivity index (χ2n) is 6.40. The van der Waals surface area contributed by atoms with Gasteiger partial charge in [-0.3, -0.25) is 0 Å². The van der Waals surface area contributed by atoms with E-state index in [4.69, 9.17) is 19.2 Å². The lowest BCUT2D eigenvalue weighted by molar-refractivity contribution is -0.0861. The lowest BCUT2D eigenvalue weighted by atomic mass is 10.0. The van der Waals surface area contributed by atoms with Crippen LogP contribution in [0.15, 0.2) is 54.7 Å². The van der Waals surface area contributed by atoms with Crippen LogP contribution in [0.1, 0.15) is 31.6 Å². The first-order chi connectivity index (χ1) is 13.3. The fourth-order valence-corrected chi connectivity index (χ4v) is 3.08. The Hall–Kier alpha value is -2.92. The zero-order valence-corrected chi connectivity index (χ0v) is 15.5. The number of ether oxygens (including phenoxy) is 3. The summed E-state index contributed by atoms with van der Waals surface area (Å²) in [5.74, 6) is 2.21. The highest BCUT2D eigenvalue weighted by molar-refractivity contribution is 5.73. The summed E-state index contributed by atoms with van der Waals surface area (Å²) in [6.45, 7) is 2.78. The Morgan fingerprint density at radius 2 is 2.00 bits per heavy atom. The topological polar surface area (TPSA) is 53.5 Å². The van der Waals surface area contributed by atoms with Gasteiger partial charge in [0.15, 0.2) is 5.82 Å². The molecule has 0 spiro atoms. The minimum absolute atomic E-state index is 0.485. The molecule has 0 radical (unpaired) electrons. The normalized spacial score (nSPS) is 14.8. The highest BCUT2D eigenvalue weighted by Gasteiger charge is 2.28. The van der Waals surface area contributed by atoms with Gasteiger partial charge in [0.25, 0.3) is 0 Å². The highest BCUT2D eigenvalue weighted by Crippen LogP contribution is 2.42. The lowest BCUT2D eigenvalue weighted by Crippen LogP contribution is -2.19. The minimum Gasteiger partial charge on any atom is -0.497 e. The van der Waals surface area contributed by atoms with Crippen LogP contribution in [0, 0.1) is 0 Å². The predicted molar refractivity (Wildman–Crippen MR) is 104 cm³/mol. The van der Waals surface area contributed by atoms with Crippen molar-refractivity contribution in [3.8, 4) is 34.1 Å². The van der Waals surface area contributed by atoms with Crippen molar-refractivity contribution in [1.29, 1.82) is 0 Å². The Bertz CT molecular complexity index is 942. The van der Waals surface area contributed by atoms with Crippen LogP contribution in [0.5, 0.6) is 11.5 Å². The van der Waals surface area contributed by atoms with Crippen LogP contribution in [0.25, 0.3) is 22.6 Å². The molecule has 0 saturated carbocycles. The van der Waals surface area contributed by atoms with Crippen LogP contribution < -0.4 is 9.47 Å². The van der Waals surface area contributed by atoms with Crippen LogP contribution in [0.4, 0.5) is 0 Å². The predicted octanol–water partition coefficient (Wildman–Crippen LogP) is 5.03. The molecule has 2 aromatic carbocycles. The van der Waals surface area contributed by atoms with Crippen LogP contribution in [0.2, 0.25) is 0 Å². The van der Waals surface area contributed by atoms with E-state index in [1.807, 2.05) is 54.7 Å². The van der Waals surface area contributed by atoms with E-state index in [1.165, 1.54) is 0 Å². The van der Waals surface area contributed by atoms with Gasteiger partial charge in [-0.25, -0.2) is 9.97 Å². The summed E-state index contributed by atoms with van der Waals surface area (Å²) in [5, 5.41) is 0. The molecule has 4 rings (SSSR count). The molecule has 1 aromatic heterocycles. The van der Waals surface area contributed by atoms with Crippen LogP contribution in [0.3, 0.4) is 0 Å². The van der Waals surface area contributed by atoms with E-state index in [-0.39, 0.29) is 0 Å². The molecular formula is C22H22N2O3. The van der Waals surface area contributed by atoms with Gasteiger partial charge in [0.05, 0.1) is 25.0 Å². The number of hydrogen-bond donors (Lipinski definition) is 0. The standard InChI is InChI=1S/C22H22N2O3/c1-3-4-12-26-22-18-14-23-21(15-8-7-9-16(13-15)25-2)24-20(18)17-10-5-6-11-19(17)27-22/h5-11,13-14,22H,3-4,12H2,1-2H3. The number of methoxy groups -OCH3 is 1. The SMILES string of the molecule is CCCCOC1Oc2ccccc2-c2nc(-c3cccc(OC)c3)ncc21. The molecular weight excluding hydrogens is 340 g/mol. The van der Waals surface area contributed by atoms with Gasteiger partial charge in [-0.05, 0) is 30.7 Å². The van der Waals surface area contributed by atoms with Crippen molar-refractivity contribution in [1.82, 2.24) is 9.97 Å². The summed E-state index contributed by atoms with van der Waals surface area (Å²) in [5.41, 5.74) is 3.57. The van der Waals surface area contributed by atoms with Gasteiger partial charge in [-0.1, -0.05) is 37.6 Å². The summed E-state index contributed by atoms with van der Waals surface area (Å²) < 4.78 is 17.4. The summed E-state index contributed by atoms with van der Waals surface area (Å²) in [4.78, 5) is 9.41. The molecule has 0 bridgehead atoms. The average molecular weight is 362 g/mol. The van der Waals surface area contributed by atoms with E-state index in [0.29, 0.717) is 12.4 Å². The smallest absolute Gasteiger partial charge is 0.230 e. The molecule has 5 nitrogen and oxygen atoms in total. The number of nitrogens with zero attached hydrogens (tertiary/aromatic N) is 2. The van der Waals surface area contributed by atoms with Crippen molar-refractivity contribution in [2.45, 2.75) is 26.1 Å². The van der Waals surface area contributed by atoms with Gasteiger partial charge < -0.3 is 14.2 Å². The maximum atomic E-state index is 6.06. The van der Waals surface area contributed by atoms with E-state index in [1.54, 1.807) is 7.11 Å². The monoisotopic (exact) mass is 362 g/mol. The van der Waals surface area contributed by atoms with Crippen molar-refractivity contribution < 1.29 is 14.2 Å². The van der Waals surface area contributed by atoms with Crippen molar-refractivity contribution in [2.24, 2.45) is 0 Å². The van der Waals surface area contributed by atoms with Crippen molar-refractivity contribution in [2.75, 3.05) is 13.7 Å². The fourth-order valence-electron chi connectivity index (χ4n) is 3.08. The molecule has 5 heteroatoms. The molecule has 0 aliphatic carbocycles. The number of aromatic nitrogens is 2. The van der Waals surface area contributed by atoms with Crippen LogP contribution >= 0.6 is 0 Å². The Kier molecular flexibility index (Phi) is 5.03. The first kappa shape index (κ1) is 17.5. The van der Waals surface area contributed by atoms with E-state index in [0.717, 1.165) is 46.7 Å². The zero-order valence-electron chi connectivity index (χ0n) is 15.5. The van der Waals surface area contributed by atoms with Crippen molar-refractivity contribution >= 4 is 0 Å². The molecule has 0 N–H and O–H groups in total. The van der Waals surface area contributed by atoms with Gasteiger partial charge in [0.1, 0.15) is 11.5 Å². The number of benzene rings is 2. The number of para-hydroxylation sites is 1. The Labute approximate surface area is 159 Å². The molecule has 3 aromatic rings. The Balaban J connectivity index is 1.76. The largest absolute Gasteiger partial charge is 0.497 e. The second kappa shape index (κ2) is 7.76. The maximum absolute atomic E-state index is 6.06. The molecule has 0 saturated heterocycles. The van der Waals surface area contributed by atoms with Gasteiger partial charge in [-0.2, -0.15) is 0 Å². The van der Waals surface area contributed by atoms with Crippen molar-refractivity contribution in [3.05, 3.63) is 60.3 Å². The molecule has 0 fully saturated rings. The van der Waals surface area contributed by atoms with Crippen molar-refractivity contribution in [3.63, 3.8) is 0 Å². The quantitative estimate of drug-likeness (QED) is 0.576. The highest BCUT2D eigenvalue weighted by atomic mass is 16.7. The third-order valence-corrected chi connectivity index (χ3v) is 4.54. The summed E-state index contributed by atoms with van der Waals surface area (Å²) >= 11 is 0. The minimum atomic E-state index is -0.485. The molecule has 0 amide bonds. The van der Waals surface area contributed by atoms with Gasteiger partial charge in [-0.15, -0.1) is 0 Å². The molecule has 1 aliphatic rings. The third kappa shape index (κ3) is 3.51. The third-order valence-electron chi connectivity index (χ3n) is 4.54. The number of unbranched alkanes of at least 4 members (excludes halogenated alkanes) is 1. The van der Waals surface area contributed by atoms with Crippen LogP contribution in [-0.2, 0) is 4.74 Å². The first-order valence-electron chi connectivity index (χ1n) is 9.19. The van der Waals surface area contributed by atoms with Gasteiger partial charge in [0, 0.05) is 17.3 Å². The van der Waals surface area contributed by atoms with Gasteiger partial charge in [0.2, 0.25) is 6.29 Å². The summed E-state index contributed by atoms with van der Waals surface area (Å²) in [7, 11) is 1.65. The van der Waals surface area contributed by atoms with Crippen LogP contribution in [-0.4, -0.2) is 23.7 Å². The second-order valence-corrected chi connectivity index (χ2v) is 6.40. The maximum Gasteiger partial charge on any atom is 0.230 e. The summed E-state index contributed by atoms with van der Waals surface area (Å²) in [6, 6.07) is 15.6. The number of fused-ring (bicyclic) bond motifs is 3. The summed E-state index contributed by atoms with van der Waals surface area (Å²) in [6.07, 6.45) is 3.38. The molecule has 138 valence electrons. The molecule has 27 heavy (non-hydrogen) atoms. The fraction of sp³-hybridized carbons (Fsp3) is 0.273. The molecule has 1 atom stereocenters. The molecule has 1 aliphatic heterocycles. The number of hydrogen-bond acceptors (Lipinski definition) is 5. The zero-order chi connectivity index (χ0) is 18.6. The van der Waals surface area contributed by atoms with E-state index in [2.05, 4.69) is 11.9 Å². The average Bonchev–Trinajstić information content (AvgIpc) is 2.73. The molecule has 2 heterocycles. The van der Waals surface area contributed by atoms with E-state index in [9.17, 15) is 0 Å². The van der Waals surface area contributed by atoms with Gasteiger partial charge >= 0.3 is 0 Å².